The van der Waals surface area contributed by atoms with E-state index in [0.717, 1.165) is 5.56 Å². The number of para-hydroxylation sites is 1. The van der Waals surface area contributed by atoms with Gasteiger partial charge < -0.3 is 5.32 Å². The van der Waals surface area contributed by atoms with Crippen LogP contribution in [0.15, 0.2) is 59.5 Å². The van der Waals surface area contributed by atoms with E-state index in [1.807, 2.05) is 43.3 Å². The average Bonchev–Trinajstić information content (AvgIpc) is 2.48. The maximum absolute atomic E-state index is 12.2. The summed E-state index contributed by atoms with van der Waals surface area (Å²) in [6.45, 7) is 4.14. The van der Waals surface area contributed by atoms with E-state index < -0.39 is 10.0 Å². The third kappa shape index (κ3) is 3.83. The molecule has 0 aliphatic carbocycles. The van der Waals surface area contributed by atoms with Crippen LogP contribution in [0.5, 0.6) is 0 Å². The molecule has 2 aromatic rings. The maximum Gasteiger partial charge on any atom is 0.242 e. The van der Waals surface area contributed by atoms with Crippen LogP contribution in [-0.2, 0) is 10.0 Å². The highest BCUT2D eigenvalue weighted by Gasteiger charge is 2.18. The van der Waals surface area contributed by atoms with Crippen molar-refractivity contribution in [2.75, 3.05) is 11.9 Å². The van der Waals surface area contributed by atoms with Gasteiger partial charge in [-0.05, 0) is 24.6 Å². The highest BCUT2D eigenvalue weighted by Crippen LogP contribution is 2.25. The van der Waals surface area contributed by atoms with Gasteiger partial charge in [-0.3, -0.25) is 0 Å². The molecule has 21 heavy (non-hydrogen) atoms. The molecule has 0 aliphatic heterocycles. The third-order valence-corrected chi connectivity index (χ3v) is 4.79. The number of rotatable bonds is 6. The zero-order valence-electron chi connectivity index (χ0n) is 12.2. The Hall–Kier alpha value is -1.85. The van der Waals surface area contributed by atoms with E-state index in [-0.39, 0.29) is 10.9 Å². The average molecular weight is 304 g/mol. The van der Waals surface area contributed by atoms with Gasteiger partial charge in [0, 0.05) is 12.6 Å². The van der Waals surface area contributed by atoms with Crippen molar-refractivity contribution in [3.63, 3.8) is 0 Å². The largest absolute Gasteiger partial charge is 0.377 e. The predicted octanol–water partition coefficient (Wildman–Crippen LogP) is 3.16. The van der Waals surface area contributed by atoms with E-state index in [0.29, 0.717) is 12.2 Å². The lowest BCUT2D eigenvalue weighted by Crippen LogP contribution is -2.24. The summed E-state index contributed by atoms with van der Waals surface area (Å²) in [5.41, 5.74) is 1.71. The van der Waals surface area contributed by atoms with Crippen molar-refractivity contribution in [2.45, 2.75) is 24.8 Å². The molecule has 2 rings (SSSR count). The molecule has 0 amide bonds. The Bertz CT molecular complexity index is 684. The summed E-state index contributed by atoms with van der Waals surface area (Å²) in [5, 5.41) is 3.27. The molecule has 0 spiro atoms. The van der Waals surface area contributed by atoms with Crippen molar-refractivity contribution in [2.24, 2.45) is 0 Å². The summed E-state index contributed by atoms with van der Waals surface area (Å²) in [6, 6.07) is 16.9. The van der Waals surface area contributed by atoms with Gasteiger partial charge in [0.1, 0.15) is 4.90 Å². The van der Waals surface area contributed by atoms with Crippen LogP contribution in [0, 0.1) is 0 Å². The molecule has 0 aliphatic rings. The first-order valence-corrected chi connectivity index (χ1v) is 8.43. The normalized spacial score (nSPS) is 12.9. The molecule has 0 aromatic heterocycles. The Labute approximate surface area is 126 Å². The molecule has 0 saturated heterocycles. The van der Waals surface area contributed by atoms with E-state index in [1.165, 1.54) is 0 Å². The molecular weight excluding hydrogens is 284 g/mol. The molecule has 1 unspecified atom stereocenters. The lowest BCUT2D eigenvalue weighted by molar-refractivity contribution is 0.584. The first-order chi connectivity index (χ1) is 10.0. The monoisotopic (exact) mass is 304 g/mol. The Morgan fingerprint density at radius 1 is 1.00 bits per heavy atom. The van der Waals surface area contributed by atoms with Crippen LogP contribution in [0.3, 0.4) is 0 Å². The van der Waals surface area contributed by atoms with Crippen LogP contribution >= 0.6 is 0 Å². The molecular formula is C16H20N2O2S. The zero-order valence-corrected chi connectivity index (χ0v) is 13.0. The van der Waals surface area contributed by atoms with Gasteiger partial charge in [-0.15, -0.1) is 0 Å². The number of hydrogen-bond donors (Lipinski definition) is 2. The summed E-state index contributed by atoms with van der Waals surface area (Å²) in [5.74, 6) is 0. The van der Waals surface area contributed by atoms with Gasteiger partial charge >= 0.3 is 0 Å². The fraction of sp³-hybridized carbons (Fsp3) is 0.250. The van der Waals surface area contributed by atoms with Crippen molar-refractivity contribution in [1.82, 2.24) is 4.72 Å². The highest BCUT2D eigenvalue weighted by molar-refractivity contribution is 7.89. The number of sulfonamides is 1. The number of benzene rings is 2. The summed E-state index contributed by atoms with van der Waals surface area (Å²) in [4.78, 5) is 0.273. The van der Waals surface area contributed by atoms with E-state index in [9.17, 15) is 8.42 Å². The van der Waals surface area contributed by atoms with Gasteiger partial charge in [0.05, 0.1) is 5.69 Å². The molecule has 0 saturated carbocycles. The standard InChI is InChI=1S/C16H20N2O2S/c1-3-17-21(19,20)16-12-8-7-11-15(16)18-13(2)14-9-5-4-6-10-14/h4-13,17-18H,3H2,1-2H3. The molecule has 5 heteroatoms. The van der Waals surface area contributed by atoms with Crippen LogP contribution < -0.4 is 10.0 Å². The molecule has 0 heterocycles. The first-order valence-electron chi connectivity index (χ1n) is 6.94. The Morgan fingerprint density at radius 2 is 1.62 bits per heavy atom. The zero-order chi connectivity index (χ0) is 15.3. The van der Waals surface area contributed by atoms with Gasteiger partial charge in [0.15, 0.2) is 0 Å². The number of anilines is 1. The van der Waals surface area contributed by atoms with E-state index in [4.69, 9.17) is 0 Å². The summed E-state index contributed by atoms with van der Waals surface area (Å²) < 4.78 is 27.0. The second kappa shape index (κ2) is 6.74. The Kier molecular flexibility index (Phi) is 4.98. The second-order valence-electron chi connectivity index (χ2n) is 4.77. The molecule has 0 fully saturated rings. The number of nitrogens with one attached hydrogen (secondary N) is 2. The highest BCUT2D eigenvalue weighted by atomic mass is 32.2. The van der Waals surface area contributed by atoms with Crippen LogP contribution in [0.25, 0.3) is 0 Å². The van der Waals surface area contributed by atoms with Crippen LogP contribution in [0.2, 0.25) is 0 Å². The van der Waals surface area contributed by atoms with E-state index in [2.05, 4.69) is 10.0 Å². The first kappa shape index (κ1) is 15.5. The molecule has 4 nitrogen and oxygen atoms in total. The van der Waals surface area contributed by atoms with Crippen molar-refractivity contribution in [3.05, 3.63) is 60.2 Å². The lowest BCUT2D eigenvalue weighted by atomic mass is 10.1. The molecule has 0 radical (unpaired) electrons. The molecule has 2 aromatic carbocycles. The SMILES string of the molecule is CCNS(=O)(=O)c1ccccc1NC(C)c1ccccc1. The Balaban J connectivity index is 2.29. The minimum absolute atomic E-state index is 0.0178. The molecule has 2 N–H and O–H groups in total. The van der Waals surface area contributed by atoms with Crippen LogP contribution in [0.4, 0.5) is 5.69 Å². The second-order valence-corrected chi connectivity index (χ2v) is 6.51. The summed E-state index contributed by atoms with van der Waals surface area (Å²) in [7, 11) is -3.48. The van der Waals surface area contributed by atoms with Gasteiger partial charge in [-0.1, -0.05) is 49.4 Å². The topological polar surface area (TPSA) is 58.2 Å². The van der Waals surface area contributed by atoms with Crippen molar-refractivity contribution in [3.8, 4) is 0 Å². The number of hydrogen-bond acceptors (Lipinski definition) is 3. The van der Waals surface area contributed by atoms with E-state index in [1.54, 1.807) is 25.1 Å². The molecule has 0 bridgehead atoms. The van der Waals surface area contributed by atoms with Gasteiger partial charge in [-0.25, -0.2) is 13.1 Å². The van der Waals surface area contributed by atoms with Gasteiger partial charge in [0.25, 0.3) is 0 Å². The van der Waals surface area contributed by atoms with Crippen LogP contribution in [0.1, 0.15) is 25.5 Å². The van der Waals surface area contributed by atoms with E-state index >= 15 is 0 Å². The smallest absolute Gasteiger partial charge is 0.242 e. The molecule has 112 valence electrons. The van der Waals surface area contributed by atoms with Gasteiger partial charge in [0.2, 0.25) is 10.0 Å². The fourth-order valence-corrected chi connectivity index (χ4v) is 3.36. The van der Waals surface area contributed by atoms with Gasteiger partial charge in [-0.2, -0.15) is 0 Å². The predicted molar refractivity (Wildman–Crippen MR) is 85.8 cm³/mol. The minimum atomic E-state index is -3.48. The molecule has 1 atom stereocenters. The van der Waals surface area contributed by atoms with Crippen molar-refractivity contribution in [1.29, 1.82) is 0 Å². The summed E-state index contributed by atoms with van der Waals surface area (Å²) in [6.07, 6.45) is 0. The third-order valence-electron chi connectivity index (χ3n) is 3.18. The van der Waals surface area contributed by atoms with Crippen LogP contribution in [-0.4, -0.2) is 15.0 Å². The van der Waals surface area contributed by atoms with Crippen molar-refractivity contribution >= 4 is 15.7 Å². The minimum Gasteiger partial charge on any atom is -0.377 e. The fourth-order valence-electron chi connectivity index (χ4n) is 2.15. The van der Waals surface area contributed by atoms with Crippen molar-refractivity contribution < 1.29 is 8.42 Å². The quantitative estimate of drug-likeness (QED) is 0.862. The maximum atomic E-state index is 12.2. The summed E-state index contributed by atoms with van der Waals surface area (Å²) >= 11 is 0. The lowest BCUT2D eigenvalue weighted by Gasteiger charge is -2.18. The Morgan fingerprint density at radius 3 is 2.29 bits per heavy atom.